The van der Waals surface area contributed by atoms with Gasteiger partial charge in [0.2, 0.25) is 5.91 Å². The van der Waals surface area contributed by atoms with E-state index in [1.54, 1.807) is 12.1 Å². The molecule has 2 heterocycles. The lowest BCUT2D eigenvalue weighted by Crippen LogP contribution is -2.41. The van der Waals surface area contributed by atoms with Crippen LogP contribution < -0.4 is 5.32 Å². The molecule has 1 saturated heterocycles. The maximum atomic E-state index is 12.0. The van der Waals surface area contributed by atoms with Gasteiger partial charge in [-0.15, -0.1) is 0 Å². The second kappa shape index (κ2) is 7.83. The summed E-state index contributed by atoms with van der Waals surface area (Å²) < 4.78 is 4.98. The number of furan rings is 1. The fourth-order valence-electron chi connectivity index (χ4n) is 2.54. The van der Waals surface area contributed by atoms with Crippen LogP contribution in [0.5, 0.6) is 0 Å². The number of piperidine rings is 1. The topological polar surface area (TPSA) is 82.8 Å². The third-order valence-corrected chi connectivity index (χ3v) is 3.73. The number of hydrogen-bond acceptors (Lipinski definition) is 4. The van der Waals surface area contributed by atoms with Crippen LogP contribution in [0.2, 0.25) is 0 Å². The SMILES string of the molecule is O=C(NCCCC(=O)N1CCCC(CO)C1)c1ccco1. The summed E-state index contributed by atoms with van der Waals surface area (Å²) in [6, 6.07) is 3.26. The molecule has 1 aromatic rings. The molecular weight excluding hydrogens is 272 g/mol. The molecule has 0 aliphatic carbocycles. The Hall–Kier alpha value is -1.82. The van der Waals surface area contributed by atoms with Crippen LogP contribution in [0.25, 0.3) is 0 Å². The van der Waals surface area contributed by atoms with Crippen molar-refractivity contribution in [3.8, 4) is 0 Å². The smallest absolute Gasteiger partial charge is 0.286 e. The average Bonchev–Trinajstić information content (AvgIpc) is 3.05. The molecule has 1 aliphatic rings. The van der Waals surface area contributed by atoms with Crippen LogP contribution in [0.4, 0.5) is 0 Å². The summed E-state index contributed by atoms with van der Waals surface area (Å²) in [4.78, 5) is 25.5. The lowest BCUT2D eigenvalue weighted by molar-refractivity contribution is -0.133. The maximum Gasteiger partial charge on any atom is 0.286 e. The van der Waals surface area contributed by atoms with Crippen molar-refractivity contribution in [2.75, 3.05) is 26.2 Å². The Balaban J connectivity index is 1.64. The van der Waals surface area contributed by atoms with Crippen LogP contribution in [-0.2, 0) is 4.79 Å². The summed E-state index contributed by atoms with van der Waals surface area (Å²) in [5.41, 5.74) is 0. The van der Waals surface area contributed by atoms with Gasteiger partial charge in [0.25, 0.3) is 5.91 Å². The fraction of sp³-hybridized carbons (Fsp3) is 0.600. The summed E-state index contributed by atoms with van der Waals surface area (Å²) in [6.45, 7) is 2.01. The van der Waals surface area contributed by atoms with Gasteiger partial charge in [0, 0.05) is 32.7 Å². The van der Waals surface area contributed by atoms with E-state index in [0.717, 1.165) is 19.4 Å². The van der Waals surface area contributed by atoms with Crippen LogP contribution in [0, 0.1) is 5.92 Å². The van der Waals surface area contributed by atoms with E-state index in [4.69, 9.17) is 9.52 Å². The molecule has 1 atom stereocenters. The van der Waals surface area contributed by atoms with Crippen molar-refractivity contribution in [2.45, 2.75) is 25.7 Å². The monoisotopic (exact) mass is 294 g/mol. The minimum Gasteiger partial charge on any atom is -0.459 e. The van der Waals surface area contributed by atoms with Crippen LogP contribution in [0.1, 0.15) is 36.2 Å². The van der Waals surface area contributed by atoms with Crippen molar-refractivity contribution in [1.29, 1.82) is 0 Å². The summed E-state index contributed by atoms with van der Waals surface area (Å²) >= 11 is 0. The predicted octanol–water partition coefficient (Wildman–Crippen LogP) is 1.02. The first-order chi connectivity index (χ1) is 10.2. The number of carbonyl (C=O) groups excluding carboxylic acids is 2. The summed E-state index contributed by atoms with van der Waals surface area (Å²) in [5, 5.41) is 11.9. The normalized spacial score (nSPS) is 18.5. The number of likely N-dealkylation sites (tertiary alicyclic amines) is 1. The van der Waals surface area contributed by atoms with Gasteiger partial charge in [-0.25, -0.2) is 0 Å². The molecule has 1 aliphatic heterocycles. The van der Waals surface area contributed by atoms with E-state index in [9.17, 15) is 9.59 Å². The molecule has 6 heteroatoms. The number of aliphatic hydroxyl groups excluding tert-OH is 1. The third-order valence-electron chi connectivity index (χ3n) is 3.73. The first-order valence-corrected chi connectivity index (χ1v) is 7.41. The molecule has 6 nitrogen and oxygen atoms in total. The lowest BCUT2D eigenvalue weighted by Gasteiger charge is -2.32. The number of aliphatic hydroxyl groups is 1. The molecule has 2 rings (SSSR count). The van der Waals surface area contributed by atoms with Gasteiger partial charge in [0.1, 0.15) is 0 Å². The minimum atomic E-state index is -0.259. The fourth-order valence-corrected chi connectivity index (χ4v) is 2.54. The van der Waals surface area contributed by atoms with Gasteiger partial charge < -0.3 is 19.7 Å². The zero-order valence-electron chi connectivity index (χ0n) is 12.1. The highest BCUT2D eigenvalue weighted by Crippen LogP contribution is 2.16. The van der Waals surface area contributed by atoms with Crippen LogP contribution in [0.3, 0.4) is 0 Å². The Morgan fingerprint density at radius 1 is 1.48 bits per heavy atom. The molecule has 0 aromatic carbocycles. The largest absolute Gasteiger partial charge is 0.459 e. The zero-order chi connectivity index (χ0) is 15.1. The van der Waals surface area contributed by atoms with Gasteiger partial charge >= 0.3 is 0 Å². The van der Waals surface area contributed by atoms with Crippen LogP contribution in [-0.4, -0.2) is 48.1 Å². The quantitative estimate of drug-likeness (QED) is 0.767. The Bertz CT molecular complexity index is 458. The van der Waals surface area contributed by atoms with E-state index in [1.165, 1.54) is 6.26 Å². The number of amides is 2. The lowest BCUT2D eigenvalue weighted by atomic mass is 9.99. The second-order valence-corrected chi connectivity index (χ2v) is 5.37. The van der Waals surface area contributed by atoms with E-state index < -0.39 is 0 Å². The van der Waals surface area contributed by atoms with Gasteiger partial charge in [0.05, 0.1) is 6.26 Å². The number of hydrogen-bond donors (Lipinski definition) is 2. The molecule has 2 amide bonds. The standard InChI is InChI=1S/C15H22N2O4/c18-11-12-4-2-8-17(10-12)14(19)6-1-7-16-15(20)13-5-3-9-21-13/h3,5,9,12,18H,1-2,4,6-8,10-11H2,(H,16,20). The molecule has 0 bridgehead atoms. The Labute approximate surface area is 124 Å². The minimum absolute atomic E-state index is 0.0976. The molecule has 1 fully saturated rings. The molecule has 21 heavy (non-hydrogen) atoms. The maximum absolute atomic E-state index is 12.0. The first-order valence-electron chi connectivity index (χ1n) is 7.41. The van der Waals surface area contributed by atoms with E-state index in [1.807, 2.05) is 4.90 Å². The summed E-state index contributed by atoms with van der Waals surface area (Å²) in [5.74, 6) is 0.329. The summed E-state index contributed by atoms with van der Waals surface area (Å²) in [7, 11) is 0. The Morgan fingerprint density at radius 3 is 3.05 bits per heavy atom. The van der Waals surface area contributed by atoms with Gasteiger partial charge in [-0.2, -0.15) is 0 Å². The number of nitrogens with one attached hydrogen (secondary N) is 1. The Morgan fingerprint density at radius 2 is 2.33 bits per heavy atom. The van der Waals surface area contributed by atoms with Crippen LogP contribution in [0.15, 0.2) is 22.8 Å². The number of nitrogens with zero attached hydrogens (tertiary/aromatic N) is 1. The number of carbonyl (C=O) groups is 2. The van der Waals surface area contributed by atoms with E-state index in [0.29, 0.717) is 25.9 Å². The highest BCUT2D eigenvalue weighted by atomic mass is 16.3. The third kappa shape index (κ3) is 4.60. The van der Waals surface area contributed by atoms with Crippen LogP contribution >= 0.6 is 0 Å². The molecule has 1 unspecified atom stereocenters. The van der Waals surface area contributed by atoms with Crippen molar-refractivity contribution >= 4 is 11.8 Å². The predicted molar refractivity (Wildman–Crippen MR) is 76.7 cm³/mol. The summed E-state index contributed by atoms with van der Waals surface area (Å²) in [6.07, 6.45) is 4.40. The highest BCUT2D eigenvalue weighted by molar-refractivity contribution is 5.91. The number of rotatable bonds is 6. The van der Waals surface area contributed by atoms with Crippen molar-refractivity contribution in [1.82, 2.24) is 10.2 Å². The molecule has 2 N–H and O–H groups in total. The van der Waals surface area contributed by atoms with Crippen molar-refractivity contribution in [3.63, 3.8) is 0 Å². The molecule has 0 spiro atoms. The second-order valence-electron chi connectivity index (χ2n) is 5.37. The van der Waals surface area contributed by atoms with Gasteiger partial charge in [-0.1, -0.05) is 0 Å². The van der Waals surface area contributed by atoms with Crippen molar-refractivity contribution in [2.24, 2.45) is 5.92 Å². The molecule has 116 valence electrons. The van der Waals surface area contributed by atoms with E-state index >= 15 is 0 Å². The van der Waals surface area contributed by atoms with Crippen molar-refractivity contribution in [3.05, 3.63) is 24.2 Å². The first kappa shape index (κ1) is 15.6. The average molecular weight is 294 g/mol. The van der Waals surface area contributed by atoms with E-state index in [-0.39, 0.29) is 30.1 Å². The molecule has 0 radical (unpaired) electrons. The molecular formula is C15H22N2O4. The Kier molecular flexibility index (Phi) is 5.80. The molecule has 0 saturated carbocycles. The van der Waals surface area contributed by atoms with E-state index in [2.05, 4.69) is 5.32 Å². The van der Waals surface area contributed by atoms with Gasteiger partial charge in [-0.3, -0.25) is 9.59 Å². The zero-order valence-corrected chi connectivity index (χ0v) is 12.1. The van der Waals surface area contributed by atoms with Gasteiger partial charge in [-0.05, 0) is 37.3 Å². The van der Waals surface area contributed by atoms with Crippen molar-refractivity contribution < 1.29 is 19.1 Å². The molecule has 1 aromatic heterocycles. The highest BCUT2D eigenvalue weighted by Gasteiger charge is 2.22. The van der Waals surface area contributed by atoms with Gasteiger partial charge in [0.15, 0.2) is 5.76 Å².